The van der Waals surface area contributed by atoms with Crippen LogP contribution in [-0.2, 0) is 16.0 Å². The van der Waals surface area contributed by atoms with E-state index >= 15 is 0 Å². The molecule has 2 aromatic rings. The van der Waals surface area contributed by atoms with Gasteiger partial charge in [0.2, 0.25) is 11.8 Å². The molecular formula is C20H20N4O2. The van der Waals surface area contributed by atoms with Gasteiger partial charge >= 0.3 is 0 Å². The van der Waals surface area contributed by atoms with Crippen molar-refractivity contribution in [3.05, 3.63) is 53.6 Å². The van der Waals surface area contributed by atoms with E-state index in [1.54, 1.807) is 43.0 Å². The number of carbonyl (C=O) groups excluding carboxylic acids is 2. The number of anilines is 3. The topological polar surface area (TPSA) is 85.2 Å². The molecule has 3 rings (SSSR count). The molecule has 26 heavy (non-hydrogen) atoms. The molecular weight excluding hydrogens is 328 g/mol. The summed E-state index contributed by atoms with van der Waals surface area (Å²) in [5, 5.41) is 14.9. The minimum absolute atomic E-state index is 0.0387. The number of nitrogens with zero attached hydrogens (tertiary/aromatic N) is 2. The third kappa shape index (κ3) is 3.67. The van der Waals surface area contributed by atoms with Gasteiger partial charge in [-0.15, -0.1) is 0 Å². The van der Waals surface area contributed by atoms with Crippen molar-refractivity contribution in [2.45, 2.75) is 26.3 Å². The van der Waals surface area contributed by atoms with Crippen LogP contribution in [0.1, 0.15) is 25.0 Å². The lowest BCUT2D eigenvalue weighted by Gasteiger charge is -2.18. The van der Waals surface area contributed by atoms with E-state index in [0.29, 0.717) is 17.8 Å². The van der Waals surface area contributed by atoms with Crippen molar-refractivity contribution in [3.8, 4) is 6.07 Å². The Labute approximate surface area is 152 Å². The van der Waals surface area contributed by atoms with Crippen LogP contribution in [0, 0.1) is 11.3 Å². The zero-order valence-electron chi connectivity index (χ0n) is 14.7. The van der Waals surface area contributed by atoms with Gasteiger partial charge in [0.15, 0.2) is 0 Å². The van der Waals surface area contributed by atoms with Gasteiger partial charge in [0.1, 0.15) is 6.04 Å². The van der Waals surface area contributed by atoms with Gasteiger partial charge in [-0.05, 0) is 55.3 Å². The van der Waals surface area contributed by atoms with Crippen LogP contribution in [0.4, 0.5) is 17.1 Å². The van der Waals surface area contributed by atoms with Gasteiger partial charge in [-0.25, -0.2) is 0 Å². The maximum Gasteiger partial charge on any atom is 0.246 e. The third-order valence-electron chi connectivity index (χ3n) is 4.39. The summed E-state index contributed by atoms with van der Waals surface area (Å²) in [5.74, 6) is -0.150. The number of carbonyl (C=O) groups is 2. The molecule has 0 bridgehead atoms. The quantitative estimate of drug-likeness (QED) is 0.890. The molecule has 0 fully saturated rings. The number of rotatable bonds is 4. The van der Waals surface area contributed by atoms with Gasteiger partial charge < -0.3 is 15.5 Å². The van der Waals surface area contributed by atoms with E-state index < -0.39 is 6.04 Å². The molecule has 2 N–H and O–H groups in total. The van der Waals surface area contributed by atoms with Crippen molar-refractivity contribution in [2.75, 3.05) is 22.1 Å². The van der Waals surface area contributed by atoms with Gasteiger partial charge in [-0.2, -0.15) is 5.26 Å². The molecule has 6 nitrogen and oxygen atoms in total. The van der Waals surface area contributed by atoms with E-state index in [2.05, 4.69) is 16.7 Å². The van der Waals surface area contributed by atoms with Crippen LogP contribution < -0.4 is 15.5 Å². The number of benzene rings is 2. The van der Waals surface area contributed by atoms with Gasteiger partial charge in [-0.3, -0.25) is 9.59 Å². The van der Waals surface area contributed by atoms with E-state index in [1.807, 2.05) is 18.2 Å². The molecule has 0 aromatic heterocycles. The van der Waals surface area contributed by atoms with Crippen LogP contribution in [0.15, 0.2) is 42.5 Å². The highest BCUT2D eigenvalue weighted by atomic mass is 16.2. The van der Waals surface area contributed by atoms with E-state index in [0.717, 1.165) is 23.4 Å². The zero-order chi connectivity index (χ0) is 18.7. The second-order valence-electron chi connectivity index (χ2n) is 6.31. The fraction of sp³-hybridized carbons (Fsp3) is 0.250. The second kappa shape index (κ2) is 7.28. The third-order valence-corrected chi connectivity index (χ3v) is 4.39. The molecule has 132 valence electrons. The smallest absolute Gasteiger partial charge is 0.246 e. The summed E-state index contributed by atoms with van der Waals surface area (Å²) in [5.41, 5.74) is 3.96. The number of hydrogen-bond donors (Lipinski definition) is 2. The minimum atomic E-state index is -0.455. The summed E-state index contributed by atoms with van der Waals surface area (Å²) in [6.45, 7) is 4.03. The van der Waals surface area contributed by atoms with Gasteiger partial charge in [0, 0.05) is 30.5 Å². The number of fused-ring (bicyclic) bond motifs is 1. The van der Waals surface area contributed by atoms with Crippen molar-refractivity contribution in [3.63, 3.8) is 0 Å². The molecule has 0 spiro atoms. The fourth-order valence-electron chi connectivity index (χ4n) is 3.05. The first-order valence-corrected chi connectivity index (χ1v) is 8.46. The van der Waals surface area contributed by atoms with Crippen LogP contribution in [0.3, 0.4) is 0 Å². The molecule has 0 saturated carbocycles. The summed E-state index contributed by atoms with van der Waals surface area (Å²) >= 11 is 0. The molecule has 0 unspecified atom stereocenters. The summed E-state index contributed by atoms with van der Waals surface area (Å²) in [4.78, 5) is 25.8. The van der Waals surface area contributed by atoms with Gasteiger partial charge in [-0.1, -0.05) is 6.07 Å². The highest BCUT2D eigenvalue weighted by Gasteiger charge is 2.22. The fourth-order valence-corrected chi connectivity index (χ4v) is 3.05. The van der Waals surface area contributed by atoms with Gasteiger partial charge in [0.25, 0.3) is 0 Å². The van der Waals surface area contributed by atoms with Crippen molar-refractivity contribution < 1.29 is 9.59 Å². The average Bonchev–Trinajstić information content (AvgIpc) is 3.05. The number of amides is 2. The standard InChI is InChI=1S/C20H20N4O2/c1-13(20(26)23-17-5-3-4-15(10-17)12-21)22-18-6-7-19-16(11-18)8-9-24(19)14(2)25/h3-7,10-11,13,22H,8-9H2,1-2H3,(H,23,26)/t13-/m0/s1. The lowest BCUT2D eigenvalue weighted by Crippen LogP contribution is -2.31. The molecule has 2 aromatic carbocycles. The van der Waals surface area contributed by atoms with E-state index in [1.165, 1.54) is 0 Å². The van der Waals surface area contributed by atoms with Crippen molar-refractivity contribution in [2.24, 2.45) is 0 Å². The van der Waals surface area contributed by atoms with Crippen LogP contribution in [0.25, 0.3) is 0 Å². The Balaban J connectivity index is 1.66. The first-order valence-electron chi connectivity index (χ1n) is 8.46. The summed E-state index contributed by atoms with van der Waals surface area (Å²) in [6, 6.07) is 14.2. The van der Waals surface area contributed by atoms with Crippen LogP contribution in [0.2, 0.25) is 0 Å². The highest BCUT2D eigenvalue weighted by Crippen LogP contribution is 2.30. The number of nitrogens with one attached hydrogen (secondary N) is 2. The van der Waals surface area contributed by atoms with Gasteiger partial charge in [0.05, 0.1) is 11.6 Å². The van der Waals surface area contributed by atoms with Crippen LogP contribution in [-0.4, -0.2) is 24.4 Å². The van der Waals surface area contributed by atoms with E-state index in [-0.39, 0.29) is 11.8 Å². The Kier molecular flexibility index (Phi) is 4.90. The van der Waals surface area contributed by atoms with Crippen molar-refractivity contribution >= 4 is 28.9 Å². The lowest BCUT2D eigenvalue weighted by molar-refractivity contribution is -0.117. The number of hydrogen-bond acceptors (Lipinski definition) is 4. The first kappa shape index (κ1) is 17.5. The predicted octanol–water partition coefficient (Wildman–Crippen LogP) is 2.91. The molecule has 1 aliphatic heterocycles. The monoisotopic (exact) mass is 348 g/mol. The number of nitriles is 1. The molecule has 6 heteroatoms. The van der Waals surface area contributed by atoms with Crippen LogP contribution >= 0.6 is 0 Å². The summed E-state index contributed by atoms with van der Waals surface area (Å²) in [7, 11) is 0. The second-order valence-corrected chi connectivity index (χ2v) is 6.31. The largest absolute Gasteiger partial charge is 0.374 e. The van der Waals surface area contributed by atoms with E-state index in [9.17, 15) is 9.59 Å². The first-order chi connectivity index (χ1) is 12.5. The SMILES string of the molecule is CC(=O)N1CCc2cc(N[C@@H](C)C(=O)Nc3cccc(C#N)c3)ccc21. The highest BCUT2D eigenvalue weighted by molar-refractivity contribution is 5.97. The molecule has 0 radical (unpaired) electrons. The molecule has 1 aliphatic rings. The van der Waals surface area contributed by atoms with Crippen LogP contribution in [0.5, 0.6) is 0 Å². The summed E-state index contributed by atoms with van der Waals surface area (Å²) in [6.07, 6.45) is 0.811. The van der Waals surface area contributed by atoms with Crippen molar-refractivity contribution in [1.29, 1.82) is 5.26 Å². The predicted molar refractivity (Wildman–Crippen MR) is 101 cm³/mol. The lowest BCUT2D eigenvalue weighted by atomic mass is 10.1. The van der Waals surface area contributed by atoms with E-state index in [4.69, 9.17) is 5.26 Å². The summed E-state index contributed by atoms with van der Waals surface area (Å²) < 4.78 is 0. The average molecular weight is 348 g/mol. The Morgan fingerprint density at radius 1 is 1.19 bits per heavy atom. The normalized spacial score (nSPS) is 13.5. The maximum absolute atomic E-state index is 12.4. The molecule has 1 heterocycles. The Bertz CT molecular complexity index is 901. The Morgan fingerprint density at radius 3 is 2.73 bits per heavy atom. The minimum Gasteiger partial charge on any atom is -0.374 e. The zero-order valence-corrected chi connectivity index (χ0v) is 14.7. The molecule has 1 atom stereocenters. The molecule has 0 saturated heterocycles. The molecule has 0 aliphatic carbocycles. The Hall–Kier alpha value is -3.33. The molecule has 2 amide bonds. The Morgan fingerprint density at radius 2 is 2.00 bits per heavy atom. The maximum atomic E-state index is 12.4. The van der Waals surface area contributed by atoms with Crippen molar-refractivity contribution in [1.82, 2.24) is 0 Å².